The Bertz CT molecular complexity index is 4850. The summed E-state index contributed by atoms with van der Waals surface area (Å²) in [5.74, 6) is 4.31. The van der Waals surface area contributed by atoms with E-state index in [1.807, 2.05) is 60.7 Å². The second-order valence-electron chi connectivity index (χ2n) is 36.6. The van der Waals surface area contributed by atoms with Crippen molar-refractivity contribution < 1.29 is 29.1 Å². The Hall–Kier alpha value is -10.4. The van der Waals surface area contributed by atoms with Crippen LogP contribution in [0.4, 0.5) is 56.9 Å². The van der Waals surface area contributed by atoms with Crippen LogP contribution in [-0.4, -0.2) is 17.3 Å². The largest absolute Gasteiger partial charge is 0.489 e. The lowest BCUT2D eigenvalue weighted by Crippen LogP contribution is -2.57. The number of allylic oxidation sites excluding steroid dienone is 4. The second kappa shape index (κ2) is 41.9. The van der Waals surface area contributed by atoms with Crippen LogP contribution in [0.15, 0.2) is 205 Å². The molecule has 9 atom stereocenters. The SMILES string of the molecule is CC(C)=CCCC(C)C1CCC2(C)C3CC=C4C(C)(C)C(C(OO)c5cc(N)cc(N)c5)CCC4(C)C3CCC12C.CCc1cc(CC)cc(COC(=O)c2cc(N)cc(N)c2)c1.CCc1ccc(-c2ccc(OCc3cc(N)cc(N)c3)cc2)cc1.CCc1ccc(C2CCC(OCc3cc(N)cc(N)c3)CC2)cc1.CCc1ccc(N)cc1N. The van der Waals surface area contributed by atoms with Crippen molar-refractivity contribution in [3.8, 4) is 16.9 Å². The van der Waals surface area contributed by atoms with E-state index < -0.39 is 12.1 Å². The van der Waals surface area contributed by atoms with Gasteiger partial charge in [0, 0.05) is 62.8 Å². The van der Waals surface area contributed by atoms with Gasteiger partial charge in [0.1, 0.15) is 25.1 Å². The number of hydrogen-bond donors (Lipinski definition) is 11. The second-order valence-corrected chi connectivity index (χ2v) is 36.6. The van der Waals surface area contributed by atoms with Gasteiger partial charge in [0.25, 0.3) is 0 Å². The van der Waals surface area contributed by atoms with Gasteiger partial charge < -0.3 is 71.5 Å². The minimum atomic E-state index is -0.449. The smallest absolute Gasteiger partial charge is 0.338 e. The summed E-state index contributed by atoms with van der Waals surface area (Å²) in [6.07, 6.45) is 26.0. The molecule has 9 unspecified atom stereocenters. The van der Waals surface area contributed by atoms with Crippen LogP contribution in [0.1, 0.15) is 251 Å². The molecule has 14 rings (SSSR count). The van der Waals surface area contributed by atoms with E-state index in [9.17, 15) is 10.1 Å². The summed E-state index contributed by atoms with van der Waals surface area (Å²) in [6, 6.07) is 59.3. The fourth-order valence-electron chi connectivity index (χ4n) is 21.0. The first kappa shape index (κ1) is 92.9. The number of nitrogens with two attached hydrogens (primary N) is 10. The Morgan fingerprint density at radius 3 is 1.48 bits per heavy atom. The maximum atomic E-state index is 12.1. The molecule has 5 aliphatic rings. The highest BCUT2D eigenvalue weighted by Gasteiger charge is 2.66. The molecule has 9 aromatic rings. The predicted molar refractivity (Wildman–Crippen MR) is 508 cm³/mol. The summed E-state index contributed by atoms with van der Waals surface area (Å²) in [6.45, 7) is 31.7. The first-order valence-electron chi connectivity index (χ1n) is 44.4. The number of fused-ring (bicyclic) bond motifs is 5. The van der Waals surface area contributed by atoms with Gasteiger partial charge >= 0.3 is 5.97 Å². The molecular weight excluding hydrogens is 1500 g/mol. The molecule has 16 heteroatoms. The topological polar surface area (TPSA) is 334 Å². The lowest BCUT2D eigenvalue weighted by Gasteiger charge is -2.65. The first-order valence-corrected chi connectivity index (χ1v) is 44.4. The molecule has 5 aliphatic carbocycles. The van der Waals surface area contributed by atoms with E-state index in [2.05, 4.69) is 181 Å². The van der Waals surface area contributed by atoms with Crippen molar-refractivity contribution in [3.05, 3.63) is 266 Å². The number of nitrogen functional groups attached to an aromatic ring is 10. The van der Waals surface area contributed by atoms with E-state index in [1.165, 1.54) is 102 Å². The van der Waals surface area contributed by atoms with Gasteiger partial charge in [0.15, 0.2) is 0 Å². The molecule has 4 fully saturated rings. The van der Waals surface area contributed by atoms with Gasteiger partial charge in [-0.3, -0.25) is 5.26 Å². The van der Waals surface area contributed by atoms with Gasteiger partial charge in [-0.25, -0.2) is 9.68 Å². The Morgan fingerprint density at radius 1 is 0.471 bits per heavy atom. The maximum Gasteiger partial charge on any atom is 0.338 e. The van der Waals surface area contributed by atoms with Crippen LogP contribution >= 0.6 is 0 Å². The van der Waals surface area contributed by atoms with Crippen molar-refractivity contribution in [2.24, 2.45) is 51.2 Å². The van der Waals surface area contributed by atoms with Crippen LogP contribution in [0.25, 0.3) is 11.1 Å². The van der Waals surface area contributed by atoms with E-state index in [1.54, 1.807) is 48.0 Å². The van der Waals surface area contributed by atoms with Gasteiger partial charge in [-0.05, 0) is 344 Å². The molecule has 121 heavy (non-hydrogen) atoms. The Kier molecular flexibility index (Phi) is 32.2. The number of ether oxygens (including phenoxy) is 3. The number of benzene rings is 9. The molecule has 0 aromatic heterocycles. The highest BCUT2D eigenvalue weighted by atomic mass is 17.1. The summed E-state index contributed by atoms with van der Waals surface area (Å²) < 4.78 is 17.3. The van der Waals surface area contributed by atoms with Gasteiger partial charge in [-0.15, -0.1) is 0 Å². The van der Waals surface area contributed by atoms with Gasteiger partial charge in [-0.2, -0.15) is 0 Å². The van der Waals surface area contributed by atoms with Crippen molar-refractivity contribution in [3.63, 3.8) is 0 Å². The molecule has 4 saturated carbocycles. The van der Waals surface area contributed by atoms with Gasteiger partial charge in [0.2, 0.25) is 0 Å². The number of esters is 1. The Labute approximate surface area is 723 Å². The fourth-order valence-corrected chi connectivity index (χ4v) is 21.0. The molecule has 21 N–H and O–H groups in total. The van der Waals surface area contributed by atoms with E-state index in [-0.39, 0.29) is 23.4 Å². The zero-order valence-corrected chi connectivity index (χ0v) is 74.7. The molecule has 0 aliphatic heterocycles. The lowest BCUT2D eigenvalue weighted by atomic mass is 9.39. The van der Waals surface area contributed by atoms with E-state index in [0.29, 0.717) is 87.1 Å². The monoisotopic (exact) mass is 1640 g/mol. The van der Waals surface area contributed by atoms with Gasteiger partial charge in [0.05, 0.1) is 18.3 Å². The molecule has 9 aromatic carbocycles. The minimum Gasteiger partial charge on any atom is -0.489 e. The van der Waals surface area contributed by atoms with E-state index in [4.69, 9.17) is 76.4 Å². The van der Waals surface area contributed by atoms with Crippen molar-refractivity contribution >= 4 is 62.8 Å². The average molecular weight is 1640 g/mol. The van der Waals surface area contributed by atoms with Crippen LogP contribution in [-0.2, 0) is 66.3 Å². The number of carbonyl (C=O) groups is 1. The van der Waals surface area contributed by atoms with Gasteiger partial charge in [-0.1, -0.05) is 184 Å². The maximum absolute atomic E-state index is 12.1. The highest BCUT2D eigenvalue weighted by molar-refractivity contribution is 5.91. The normalized spacial score (nSPS) is 22.2. The third-order valence-electron chi connectivity index (χ3n) is 27.8. The summed E-state index contributed by atoms with van der Waals surface area (Å²) in [5.41, 5.74) is 83.0. The summed E-state index contributed by atoms with van der Waals surface area (Å²) >= 11 is 0. The number of carbonyl (C=O) groups excluding carboxylic acids is 1. The molecule has 0 bridgehead atoms. The average Bonchev–Trinajstić information content (AvgIpc) is 1.65. The molecule has 0 spiro atoms. The van der Waals surface area contributed by atoms with Crippen LogP contribution in [0, 0.1) is 51.2 Å². The molecule has 0 saturated heterocycles. The third-order valence-corrected chi connectivity index (χ3v) is 27.8. The summed E-state index contributed by atoms with van der Waals surface area (Å²) in [5, 5.41) is 10.2. The molecule has 0 radical (unpaired) electrons. The quantitative estimate of drug-likeness (QED) is 0.00932. The van der Waals surface area contributed by atoms with Crippen LogP contribution in [0.3, 0.4) is 0 Å². The molecule has 0 amide bonds. The molecule has 648 valence electrons. The standard InChI is InChI=1S/C37H58N2O2.C21H28N2O.C21H22N2O.C18H22N2O2.C8H12N2/c1-23(2)10-9-11-24(3)28-15-18-37(8)30-12-13-32-34(4,5)31(33(41-40)25-20-26(38)22-27(39)21-25)14-17-35(32,6)29(30)16-19-36(28,37)7;2*1-2-15-3-5-17(6-4-15)18-7-9-21(10-8-18)24-14-16-11-19(22)13-20(23)12-16;1-3-12-5-13(4-2)7-14(6-12)11-22-18(21)15-8-16(19)10-17(20)9-15;1-2-6-3-4-7(9)5-8(6)10/h10,13,20-22,24,28-31,33,40H,9,11-12,14-19,38-39H2,1-8H3;3-6,11-13,18,21H,2,7-10,14,22-23H2,1H3;3-13H,2,14,22-23H2,1H3;5-10H,3-4,11,19-20H2,1-2H3;3-5H,2,9-10H2,1H3. The summed E-state index contributed by atoms with van der Waals surface area (Å²) in [7, 11) is 0. The predicted octanol–water partition coefficient (Wildman–Crippen LogP) is 24.0. The number of rotatable bonds is 23. The van der Waals surface area contributed by atoms with Crippen LogP contribution < -0.4 is 62.1 Å². The zero-order valence-electron chi connectivity index (χ0n) is 74.7. The van der Waals surface area contributed by atoms with E-state index >= 15 is 0 Å². The van der Waals surface area contributed by atoms with Crippen molar-refractivity contribution in [1.29, 1.82) is 0 Å². The zero-order chi connectivity index (χ0) is 87.5. The van der Waals surface area contributed by atoms with Crippen molar-refractivity contribution in [1.82, 2.24) is 0 Å². The third kappa shape index (κ3) is 23.7. The highest BCUT2D eigenvalue weighted by Crippen LogP contribution is 2.74. The number of aryl methyl sites for hydroxylation is 5. The van der Waals surface area contributed by atoms with Crippen molar-refractivity contribution in [2.75, 3.05) is 57.3 Å². The summed E-state index contributed by atoms with van der Waals surface area (Å²) in [4.78, 5) is 17.4. The molecular formula is C105H142N10O6. The van der Waals surface area contributed by atoms with Crippen molar-refractivity contribution in [2.45, 2.75) is 244 Å². The number of anilines is 10. The molecule has 16 nitrogen and oxygen atoms in total. The van der Waals surface area contributed by atoms with E-state index in [0.717, 1.165) is 126 Å². The lowest BCUT2D eigenvalue weighted by molar-refractivity contribution is -0.303. The van der Waals surface area contributed by atoms with Crippen LogP contribution in [0.5, 0.6) is 5.75 Å². The Balaban J connectivity index is 0.000000168. The fraction of sp³-hybridized carbons (Fsp3) is 0.438. The Morgan fingerprint density at radius 2 is 0.959 bits per heavy atom. The first-order chi connectivity index (χ1) is 57.7. The molecule has 0 heterocycles. The minimum absolute atomic E-state index is 0.107. The van der Waals surface area contributed by atoms with Crippen LogP contribution in [0.2, 0.25) is 0 Å². The number of hydrogen-bond acceptors (Lipinski definition) is 16.